The van der Waals surface area contributed by atoms with E-state index in [4.69, 9.17) is 0 Å². The van der Waals surface area contributed by atoms with E-state index in [2.05, 4.69) is 9.97 Å². The summed E-state index contributed by atoms with van der Waals surface area (Å²) >= 11 is 0. The van der Waals surface area contributed by atoms with Crippen LogP contribution in [0.5, 0.6) is 0 Å². The molecule has 0 bridgehead atoms. The lowest BCUT2D eigenvalue weighted by atomic mass is 10.0. The van der Waals surface area contributed by atoms with Crippen molar-refractivity contribution in [1.29, 1.82) is 0 Å². The van der Waals surface area contributed by atoms with Gasteiger partial charge in [0.15, 0.2) is 0 Å². The number of alkyl halides is 3. The zero-order valence-electron chi connectivity index (χ0n) is 12.8. The minimum Gasteiger partial charge on any atom is -0.331 e. The zero-order chi connectivity index (χ0) is 16.4. The predicted octanol–water partition coefficient (Wildman–Crippen LogP) is 4.74. The molecule has 0 aliphatic carbocycles. The van der Waals surface area contributed by atoms with Gasteiger partial charge in [-0.15, -0.1) is 12.4 Å². The lowest BCUT2D eigenvalue weighted by molar-refractivity contribution is -0.137. The van der Waals surface area contributed by atoms with E-state index in [1.54, 1.807) is 24.7 Å². The number of hydrogen-bond donors (Lipinski definition) is 0. The number of hydrogen-bond acceptors (Lipinski definition) is 2. The summed E-state index contributed by atoms with van der Waals surface area (Å²) in [5.41, 5.74) is 1.40. The molecule has 0 aliphatic heterocycles. The van der Waals surface area contributed by atoms with Gasteiger partial charge in [0.25, 0.3) is 0 Å². The van der Waals surface area contributed by atoms with Gasteiger partial charge in [-0.2, -0.15) is 13.2 Å². The number of rotatable bonds is 3. The van der Waals surface area contributed by atoms with Gasteiger partial charge in [0, 0.05) is 30.4 Å². The summed E-state index contributed by atoms with van der Waals surface area (Å²) in [5.74, 6) is 0.870. The van der Waals surface area contributed by atoms with Gasteiger partial charge in [-0.1, -0.05) is 12.1 Å². The first-order chi connectivity index (χ1) is 10.9. The van der Waals surface area contributed by atoms with Gasteiger partial charge in [0.2, 0.25) is 0 Å². The summed E-state index contributed by atoms with van der Waals surface area (Å²) in [7, 11) is 0. The van der Waals surface area contributed by atoms with Crippen molar-refractivity contribution in [2.75, 3.05) is 0 Å². The van der Waals surface area contributed by atoms with Crippen molar-refractivity contribution in [2.45, 2.75) is 19.6 Å². The second-order valence-electron chi connectivity index (χ2n) is 5.26. The van der Waals surface area contributed by atoms with Gasteiger partial charge in [0.05, 0.1) is 12.1 Å². The number of halogens is 4. The van der Waals surface area contributed by atoms with Gasteiger partial charge in [0.1, 0.15) is 5.82 Å². The van der Waals surface area contributed by atoms with Gasteiger partial charge < -0.3 is 4.57 Å². The van der Waals surface area contributed by atoms with Crippen LogP contribution in [0.15, 0.2) is 55.1 Å². The molecule has 0 saturated carbocycles. The van der Waals surface area contributed by atoms with E-state index in [9.17, 15) is 13.2 Å². The molecule has 2 aromatic heterocycles. The van der Waals surface area contributed by atoms with Crippen molar-refractivity contribution in [3.63, 3.8) is 0 Å². The molecule has 3 rings (SSSR count). The van der Waals surface area contributed by atoms with Crippen LogP contribution >= 0.6 is 12.4 Å². The Balaban J connectivity index is 0.00000208. The van der Waals surface area contributed by atoms with Crippen LogP contribution in [0.1, 0.15) is 17.0 Å². The molecule has 1 aromatic carbocycles. The number of imidazole rings is 1. The maximum absolute atomic E-state index is 12.8. The van der Waals surface area contributed by atoms with Crippen LogP contribution in [0.25, 0.3) is 11.1 Å². The highest BCUT2D eigenvalue weighted by atomic mass is 35.5. The number of benzene rings is 1. The first-order valence-electron chi connectivity index (χ1n) is 7.03. The molecular formula is C17H15ClF3N3. The Kier molecular flexibility index (Phi) is 5.29. The van der Waals surface area contributed by atoms with Crippen molar-refractivity contribution >= 4 is 12.4 Å². The Hall–Kier alpha value is -2.34. The third kappa shape index (κ3) is 3.94. The summed E-state index contributed by atoms with van der Waals surface area (Å²) in [4.78, 5) is 8.30. The highest BCUT2D eigenvalue weighted by Crippen LogP contribution is 2.32. The van der Waals surface area contributed by atoms with Crippen LogP contribution in [0.3, 0.4) is 0 Å². The fourth-order valence-electron chi connectivity index (χ4n) is 2.37. The zero-order valence-corrected chi connectivity index (χ0v) is 13.6. The Labute approximate surface area is 143 Å². The van der Waals surface area contributed by atoms with E-state index in [1.165, 1.54) is 6.07 Å². The molecule has 3 aromatic rings. The van der Waals surface area contributed by atoms with E-state index in [-0.39, 0.29) is 12.4 Å². The van der Waals surface area contributed by atoms with Crippen LogP contribution in [0.4, 0.5) is 13.2 Å². The molecule has 0 fully saturated rings. The van der Waals surface area contributed by atoms with E-state index in [0.717, 1.165) is 23.5 Å². The van der Waals surface area contributed by atoms with Gasteiger partial charge in [-0.3, -0.25) is 4.98 Å². The molecule has 0 saturated heterocycles. The molecule has 7 heteroatoms. The largest absolute Gasteiger partial charge is 0.416 e. The first kappa shape index (κ1) is 18.0. The fraction of sp³-hybridized carbons (Fsp3) is 0.176. The summed E-state index contributed by atoms with van der Waals surface area (Å²) in [6, 6.07) is 7.12. The van der Waals surface area contributed by atoms with Crippen molar-refractivity contribution in [2.24, 2.45) is 0 Å². The molecule has 3 nitrogen and oxygen atoms in total. The highest BCUT2D eigenvalue weighted by Gasteiger charge is 2.30. The third-order valence-corrected chi connectivity index (χ3v) is 3.59. The third-order valence-electron chi connectivity index (χ3n) is 3.59. The minimum absolute atomic E-state index is 0. The average molecular weight is 354 g/mol. The molecule has 0 radical (unpaired) electrons. The summed E-state index contributed by atoms with van der Waals surface area (Å²) in [6.45, 7) is 2.47. The van der Waals surface area contributed by atoms with Gasteiger partial charge >= 0.3 is 6.18 Å². The number of aryl methyl sites for hydroxylation is 1. The van der Waals surface area contributed by atoms with E-state index in [0.29, 0.717) is 17.7 Å². The van der Waals surface area contributed by atoms with E-state index < -0.39 is 11.7 Å². The molecule has 126 valence electrons. The van der Waals surface area contributed by atoms with Crippen molar-refractivity contribution in [3.05, 3.63) is 72.1 Å². The summed E-state index contributed by atoms with van der Waals surface area (Å²) in [5, 5.41) is 0. The second-order valence-corrected chi connectivity index (χ2v) is 5.26. The number of pyridine rings is 1. The monoisotopic (exact) mass is 353 g/mol. The van der Waals surface area contributed by atoms with Crippen molar-refractivity contribution in [1.82, 2.24) is 14.5 Å². The normalized spacial score (nSPS) is 11.2. The Morgan fingerprint density at radius 3 is 2.54 bits per heavy atom. The maximum Gasteiger partial charge on any atom is 0.416 e. The smallest absolute Gasteiger partial charge is 0.331 e. The summed E-state index contributed by atoms with van der Waals surface area (Å²) < 4.78 is 40.5. The molecule has 0 atom stereocenters. The lowest BCUT2D eigenvalue weighted by Gasteiger charge is -2.10. The molecule has 0 N–H and O–H groups in total. The van der Waals surface area contributed by atoms with E-state index >= 15 is 0 Å². The Morgan fingerprint density at radius 1 is 1.08 bits per heavy atom. The number of nitrogens with zero attached hydrogens (tertiary/aromatic N) is 3. The molecule has 2 heterocycles. The van der Waals surface area contributed by atoms with Gasteiger partial charge in [-0.25, -0.2) is 4.98 Å². The molecule has 24 heavy (non-hydrogen) atoms. The van der Waals surface area contributed by atoms with E-state index in [1.807, 2.05) is 23.8 Å². The minimum atomic E-state index is -4.35. The van der Waals surface area contributed by atoms with Crippen molar-refractivity contribution < 1.29 is 13.2 Å². The maximum atomic E-state index is 12.8. The second kappa shape index (κ2) is 7.05. The van der Waals surface area contributed by atoms with Gasteiger partial charge in [-0.05, 0) is 36.2 Å². The average Bonchev–Trinajstić information content (AvgIpc) is 2.92. The Morgan fingerprint density at radius 2 is 1.88 bits per heavy atom. The first-order valence-corrected chi connectivity index (χ1v) is 7.03. The fourth-order valence-corrected chi connectivity index (χ4v) is 2.37. The molecule has 0 amide bonds. The van der Waals surface area contributed by atoms with Crippen LogP contribution in [-0.4, -0.2) is 14.5 Å². The summed E-state index contributed by atoms with van der Waals surface area (Å²) in [6.07, 6.45) is 2.48. The SMILES string of the molecule is Cc1nccn1Cc1cncc(-c2cccc(C(F)(F)F)c2)c1.Cl. The quantitative estimate of drug-likeness (QED) is 0.680. The van der Waals surface area contributed by atoms with Crippen molar-refractivity contribution in [3.8, 4) is 11.1 Å². The molecule has 0 aliphatic rings. The van der Waals surface area contributed by atoms with Crippen LogP contribution in [0, 0.1) is 6.92 Å². The highest BCUT2D eigenvalue weighted by molar-refractivity contribution is 5.85. The van der Waals surface area contributed by atoms with Crippen LogP contribution in [0.2, 0.25) is 0 Å². The molecular weight excluding hydrogens is 339 g/mol. The topological polar surface area (TPSA) is 30.7 Å². The standard InChI is InChI=1S/C17H14F3N3.ClH/c1-12-22-5-6-23(12)11-13-7-15(10-21-9-13)14-3-2-4-16(8-14)17(18,19)20;/h2-10H,11H2,1H3;1H. The molecule has 0 unspecified atom stereocenters. The van der Waals surface area contributed by atoms with Crippen LogP contribution in [-0.2, 0) is 12.7 Å². The van der Waals surface area contributed by atoms with Crippen LogP contribution < -0.4 is 0 Å². The predicted molar refractivity (Wildman–Crippen MR) is 88.0 cm³/mol. The number of aromatic nitrogens is 3. The Bertz CT molecular complexity index is 828. The molecule has 0 spiro atoms. The lowest BCUT2D eigenvalue weighted by Crippen LogP contribution is -2.04.